The molecule has 1 aromatic heterocycles. The summed E-state index contributed by atoms with van der Waals surface area (Å²) in [7, 11) is 0. The number of aliphatic imine (C=N–C) groups is 1. The van der Waals surface area contributed by atoms with Crippen LogP contribution in [0.3, 0.4) is 0 Å². The summed E-state index contributed by atoms with van der Waals surface area (Å²) in [5.41, 5.74) is 1.85. The van der Waals surface area contributed by atoms with Gasteiger partial charge in [0.1, 0.15) is 0 Å². The third kappa shape index (κ3) is 2.93. The number of halogens is 3. The Labute approximate surface area is 101 Å². The zero-order valence-electron chi connectivity index (χ0n) is 9.36. The number of aromatic nitrogens is 3. The average Bonchev–Trinajstić information content (AvgIpc) is 2.77. The standard InChI is InChI=1S/C11H9F3N4/c1-7-2-4-8(5-3-7)6-15-10-16-9(17-18-10)11(12,13)14/h2-6H,1H3,(H,16,17,18). The molecule has 0 saturated heterocycles. The quantitative estimate of drug-likeness (QED) is 0.838. The lowest BCUT2D eigenvalue weighted by Gasteiger charge is -1.97. The summed E-state index contributed by atoms with van der Waals surface area (Å²) in [5, 5.41) is 5.15. The van der Waals surface area contributed by atoms with Gasteiger partial charge in [-0.05, 0) is 12.5 Å². The summed E-state index contributed by atoms with van der Waals surface area (Å²) in [6, 6.07) is 7.35. The van der Waals surface area contributed by atoms with Crippen LogP contribution < -0.4 is 0 Å². The first kappa shape index (κ1) is 12.3. The number of aryl methyl sites for hydroxylation is 1. The smallest absolute Gasteiger partial charge is 0.253 e. The Hall–Kier alpha value is -2.18. The van der Waals surface area contributed by atoms with Crippen LogP contribution >= 0.6 is 0 Å². The highest BCUT2D eigenvalue weighted by Crippen LogP contribution is 2.26. The van der Waals surface area contributed by atoms with Gasteiger partial charge >= 0.3 is 6.18 Å². The summed E-state index contributed by atoms with van der Waals surface area (Å²) in [6.45, 7) is 1.94. The van der Waals surface area contributed by atoms with Crippen LogP contribution in [0.15, 0.2) is 29.3 Å². The molecule has 7 heteroatoms. The van der Waals surface area contributed by atoms with Crippen molar-refractivity contribution in [3.8, 4) is 0 Å². The largest absolute Gasteiger partial charge is 0.451 e. The van der Waals surface area contributed by atoms with E-state index in [1.54, 1.807) is 17.2 Å². The van der Waals surface area contributed by atoms with Gasteiger partial charge in [-0.1, -0.05) is 29.8 Å². The number of nitrogens with zero attached hydrogens (tertiary/aromatic N) is 3. The first-order valence-corrected chi connectivity index (χ1v) is 5.05. The van der Waals surface area contributed by atoms with Crippen molar-refractivity contribution >= 4 is 12.2 Å². The van der Waals surface area contributed by atoms with Crippen molar-refractivity contribution in [3.05, 3.63) is 41.2 Å². The van der Waals surface area contributed by atoms with Crippen LogP contribution in [-0.4, -0.2) is 21.4 Å². The van der Waals surface area contributed by atoms with Gasteiger partial charge in [0, 0.05) is 6.21 Å². The van der Waals surface area contributed by atoms with Gasteiger partial charge in [0.05, 0.1) is 0 Å². The number of alkyl halides is 3. The van der Waals surface area contributed by atoms with Crippen molar-refractivity contribution in [1.29, 1.82) is 0 Å². The van der Waals surface area contributed by atoms with Gasteiger partial charge in [-0.3, -0.25) is 5.10 Å². The fourth-order valence-electron chi connectivity index (χ4n) is 1.22. The van der Waals surface area contributed by atoms with E-state index in [2.05, 4.69) is 15.1 Å². The van der Waals surface area contributed by atoms with Crippen molar-refractivity contribution in [2.24, 2.45) is 4.99 Å². The third-order valence-electron chi connectivity index (χ3n) is 2.15. The maximum atomic E-state index is 12.2. The van der Waals surface area contributed by atoms with Gasteiger partial charge in [-0.15, -0.1) is 5.10 Å². The van der Waals surface area contributed by atoms with Gasteiger partial charge in [-0.25, -0.2) is 4.99 Å². The summed E-state index contributed by atoms with van der Waals surface area (Å²) >= 11 is 0. The van der Waals surface area contributed by atoms with Gasteiger partial charge < -0.3 is 0 Å². The number of H-pyrrole nitrogens is 1. The SMILES string of the molecule is Cc1ccc(C=Nc2n[nH]c(C(F)(F)F)n2)cc1. The summed E-state index contributed by atoms with van der Waals surface area (Å²) in [6.07, 6.45) is -3.13. The Morgan fingerprint density at radius 3 is 2.44 bits per heavy atom. The molecule has 0 spiro atoms. The van der Waals surface area contributed by atoms with E-state index in [4.69, 9.17) is 0 Å². The molecule has 0 aliphatic heterocycles. The van der Waals surface area contributed by atoms with E-state index in [1.165, 1.54) is 6.21 Å². The zero-order chi connectivity index (χ0) is 13.2. The maximum Gasteiger partial charge on any atom is 0.451 e. The number of benzene rings is 1. The highest BCUT2D eigenvalue weighted by Gasteiger charge is 2.35. The summed E-state index contributed by atoms with van der Waals surface area (Å²) in [5.74, 6) is -1.40. The Bertz CT molecular complexity index is 554. The lowest BCUT2D eigenvalue weighted by Crippen LogP contribution is -2.07. The van der Waals surface area contributed by atoms with Gasteiger partial charge in [-0.2, -0.15) is 18.2 Å². The Morgan fingerprint density at radius 2 is 1.89 bits per heavy atom. The molecule has 94 valence electrons. The Morgan fingerprint density at radius 1 is 1.22 bits per heavy atom. The summed E-state index contributed by atoms with van der Waals surface area (Å²) < 4.78 is 36.7. The molecule has 0 amide bonds. The highest BCUT2D eigenvalue weighted by molar-refractivity contribution is 5.81. The van der Waals surface area contributed by atoms with Gasteiger partial charge in [0.25, 0.3) is 5.95 Å². The molecule has 1 aromatic carbocycles. The number of nitrogens with one attached hydrogen (secondary N) is 1. The molecule has 0 aliphatic carbocycles. The van der Waals surface area contributed by atoms with E-state index in [0.717, 1.165) is 11.1 Å². The second kappa shape index (κ2) is 4.59. The zero-order valence-corrected chi connectivity index (χ0v) is 9.36. The first-order chi connectivity index (χ1) is 8.45. The molecule has 0 fully saturated rings. The van der Waals surface area contributed by atoms with Crippen molar-refractivity contribution in [1.82, 2.24) is 15.2 Å². The molecule has 0 atom stereocenters. The first-order valence-electron chi connectivity index (χ1n) is 5.05. The fraction of sp³-hybridized carbons (Fsp3) is 0.182. The Kier molecular flexibility index (Phi) is 3.14. The lowest BCUT2D eigenvalue weighted by molar-refractivity contribution is -0.144. The molecule has 0 radical (unpaired) electrons. The molecule has 4 nitrogen and oxygen atoms in total. The van der Waals surface area contributed by atoms with Gasteiger partial charge in [0.15, 0.2) is 0 Å². The second-order valence-electron chi connectivity index (χ2n) is 3.65. The molecule has 2 aromatic rings. The van der Waals surface area contributed by atoms with Crippen LogP contribution in [0.25, 0.3) is 0 Å². The minimum absolute atomic E-state index is 0.247. The number of hydrogen-bond acceptors (Lipinski definition) is 3. The molecule has 1 N–H and O–H groups in total. The predicted molar refractivity (Wildman–Crippen MR) is 59.8 cm³/mol. The lowest BCUT2D eigenvalue weighted by atomic mass is 10.2. The number of rotatable bonds is 2. The van der Waals surface area contributed by atoms with Crippen LogP contribution in [0.5, 0.6) is 0 Å². The van der Waals surface area contributed by atoms with E-state index in [9.17, 15) is 13.2 Å². The van der Waals surface area contributed by atoms with E-state index in [1.807, 2.05) is 19.1 Å². The van der Waals surface area contributed by atoms with Crippen molar-refractivity contribution in [2.45, 2.75) is 13.1 Å². The van der Waals surface area contributed by atoms with Gasteiger partial charge in [0.2, 0.25) is 5.82 Å². The van der Waals surface area contributed by atoms with Crippen molar-refractivity contribution in [3.63, 3.8) is 0 Å². The summed E-state index contributed by atoms with van der Waals surface area (Å²) in [4.78, 5) is 6.99. The van der Waals surface area contributed by atoms with Crippen molar-refractivity contribution < 1.29 is 13.2 Å². The molecule has 1 heterocycles. The number of aromatic amines is 1. The van der Waals surface area contributed by atoms with E-state index in [-0.39, 0.29) is 5.95 Å². The topological polar surface area (TPSA) is 53.9 Å². The molecule has 0 unspecified atom stereocenters. The van der Waals surface area contributed by atoms with E-state index < -0.39 is 12.0 Å². The molecule has 2 rings (SSSR count). The molecule has 18 heavy (non-hydrogen) atoms. The van der Waals surface area contributed by atoms with Crippen LogP contribution in [0, 0.1) is 6.92 Å². The average molecular weight is 254 g/mol. The van der Waals surface area contributed by atoms with Crippen LogP contribution in [0.2, 0.25) is 0 Å². The molecular weight excluding hydrogens is 245 g/mol. The van der Waals surface area contributed by atoms with E-state index in [0.29, 0.717) is 0 Å². The Balaban J connectivity index is 2.14. The molecule has 0 aliphatic rings. The monoisotopic (exact) mass is 254 g/mol. The number of hydrogen-bond donors (Lipinski definition) is 1. The third-order valence-corrected chi connectivity index (χ3v) is 2.15. The predicted octanol–water partition coefficient (Wildman–Crippen LogP) is 2.88. The normalized spacial score (nSPS) is 12.2. The van der Waals surface area contributed by atoms with Crippen LogP contribution in [0.4, 0.5) is 19.1 Å². The minimum Gasteiger partial charge on any atom is -0.253 e. The van der Waals surface area contributed by atoms with Crippen molar-refractivity contribution in [2.75, 3.05) is 0 Å². The van der Waals surface area contributed by atoms with Crippen LogP contribution in [-0.2, 0) is 6.18 Å². The minimum atomic E-state index is -4.54. The molecular formula is C11H9F3N4. The van der Waals surface area contributed by atoms with E-state index >= 15 is 0 Å². The molecule has 0 bridgehead atoms. The highest BCUT2D eigenvalue weighted by atomic mass is 19.4. The van der Waals surface area contributed by atoms with Crippen LogP contribution in [0.1, 0.15) is 17.0 Å². The fourth-order valence-corrected chi connectivity index (χ4v) is 1.22. The maximum absolute atomic E-state index is 12.2. The molecule has 0 saturated carbocycles. The second-order valence-corrected chi connectivity index (χ2v) is 3.65.